The van der Waals surface area contributed by atoms with Crippen LogP contribution in [0.4, 0.5) is 10.5 Å². The summed E-state index contributed by atoms with van der Waals surface area (Å²) in [7, 11) is 0. The predicted octanol–water partition coefficient (Wildman–Crippen LogP) is 2.22. The zero-order chi connectivity index (χ0) is 21.8. The van der Waals surface area contributed by atoms with Crippen molar-refractivity contribution in [3.63, 3.8) is 0 Å². The molecule has 1 aromatic rings. The smallest absolute Gasteiger partial charge is 0.322 e. The highest BCUT2D eigenvalue weighted by Gasteiger charge is 2.32. The third-order valence-electron chi connectivity index (χ3n) is 6.75. The summed E-state index contributed by atoms with van der Waals surface area (Å²) in [5.41, 5.74) is 1.98. The highest BCUT2D eigenvalue weighted by Crippen LogP contribution is 2.27. The lowest BCUT2D eigenvalue weighted by Gasteiger charge is -2.40. The average Bonchev–Trinajstić information content (AvgIpc) is 2.78. The monoisotopic (exact) mass is 428 g/mol. The molecule has 0 spiro atoms. The standard InChI is InChI=1S/C23H32N4O4/c28-19-7-5-17(6-8-19)24-21(29)9-10-22(30)26-13-11-18(12-14-26)27-15-16-3-1-2-4-20(16)25-23(27)31/h1-4,17-19,28H,5-15H2,(H,24,29)(H,25,31). The van der Waals surface area contributed by atoms with Crippen molar-refractivity contribution in [2.45, 2.75) is 76.1 Å². The van der Waals surface area contributed by atoms with Gasteiger partial charge >= 0.3 is 6.03 Å². The predicted molar refractivity (Wildman–Crippen MR) is 116 cm³/mol. The zero-order valence-corrected chi connectivity index (χ0v) is 17.9. The zero-order valence-electron chi connectivity index (χ0n) is 17.9. The number of hydrogen-bond acceptors (Lipinski definition) is 4. The van der Waals surface area contributed by atoms with E-state index in [-0.39, 0.29) is 48.9 Å². The minimum atomic E-state index is -0.247. The van der Waals surface area contributed by atoms with Crippen molar-refractivity contribution in [3.05, 3.63) is 29.8 Å². The third kappa shape index (κ3) is 5.36. The average molecular weight is 429 g/mol. The minimum Gasteiger partial charge on any atom is -0.393 e. The van der Waals surface area contributed by atoms with Crippen molar-refractivity contribution in [1.82, 2.24) is 15.1 Å². The molecule has 4 rings (SSSR count). The van der Waals surface area contributed by atoms with Gasteiger partial charge in [-0.3, -0.25) is 9.59 Å². The number of aliphatic hydroxyl groups is 1. The van der Waals surface area contributed by atoms with Crippen LogP contribution in [-0.4, -0.2) is 64.0 Å². The Labute approximate surface area is 183 Å². The first kappa shape index (κ1) is 21.6. The van der Waals surface area contributed by atoms with Crippen molar-refractivity contribution in [3.8, 4) is 0 Å². The molecule has 3 aliphatic rings. The fourth-order valence-electron chi connectivity index (χ4n) is 4.84. The first-order chi connectivity index (χ1) is 15.0. The van der Waals surface area contributed by atoms with Gasteiger partial charge in [0.2, 0.25) is 11.8 Å². The second kappa shape index (κ2) is 9.68. The SMILES string of the molecule is O=C(CCC(=O)N1CCC(N2Cc3ccccc3NC2=O)CC1)NC1CCC(O)CC1. The number of benzene rings is 1. The van der Waals surface area contributed by atoms with E-state index in [4.69, 9.17) is 0 Å². The molecule has 168 valence electrons. The van der Waals surface area contributed by atoms with Gasteiger partial charge in [0.15, 0.2) is 0 Å². The normalized spacial score (nSPS) is 24.4. The molecule has 0 unspecified atom stereocenters. The summed E-state index contributed by atoms with van der Waals surface area (Å²) in [6.45, 7) is 1.81. The molecule has 0 aromatic heterocycles. The van der Waals surface area contributed by atoms with E-state index in [0.29, 0.717) is 19.6 Å². The van der Waals surface area contributed by atoms with Crippen LogP contribution in [0, 0.1) is 0 Å². The molecule has 2 aliphatic heterocycles. The Hall–Kier alpha value is -2.61. The number of likely N-dealkylation sites (tertiary alicyclic amines) is 1. The number of carbonyl (C=O) groups excluding carboxylic acids is 3. The van der Waals surface area contributed by atoms with Gasteiger partial charge in [0, 0.05) is 50.2 Å². The number of carbonyl (C=O) groups is 3. The topological polar surface area (TPSA) is 102 Å². The number of nitrogens with one attached hydrogen (secondary N) is 2. The maximum Gasteiger partial charge on any atom is 0.322 e. The van der Waals surface area contributed by atoms with E-state index in [2.05, 4.69) is 10.6 Å². The number of para-hydroxylation sites is 1. The van der Waals surface area contributed by atoms with Gasteiger partial charge in [-0.1, -0.05) is 18.2 Å². The van der Waals surface area contributed by atoms with Gasteiger partial charge in [0.25, 0.3) is 0 Å². The van der Waals surface area contributed by atoms with Gasteiger partial charge in [-0.05, 0) is 50.2 Å². The van der Waals surface area contributed by atoms with Crippen LogP contribution in [0.5, 0.6) is 0 Å². The van der Waals surface area contributed by atoms with Crippen LogP contribution in [-0.2, 0) is 16.1 Å². The Morgan fingerprint density at radius 3 is 2.48 bits per heavy atom. The lowest BCUT2D eigenvalue weighted by atomic mass is 9.93. The van der Waals surface area contributed by atoms with Crippen molar-refractivity contribution in [2.75, 3.05) is 18.4 Å². The summed E-state index contributed by atoms with van der Waals surface area (Å²) in [5, 5.41) is 15.5. The van der Waals surface area contributed by atoms with Crippen molar-refractivity contribution < 1.29 is 19.5 Å². The van der Waals surface area contributed by atoms with Gasteiger partial charge in [0.1, 0.15) is 0 Å². The van der Waals surface area contributed by atoms with Gasteiger partial charge in [0.05, 0.1) is 6.10 Å². The maximum absolute atomic E-state index is 12.6. The lowest BCUT2D eigenvalue weighted by Crippen LogP contribution is -2.51. The molecule has 0 atom stereocenters. The molecule has 3 N–H and O–H groups in total. The molecule has 8 nitrogen and oxygen atoms in total. The molecule has 31 heavy (non-hydrogen) atoms. The highest BCUT2D eigenvalue weighted by molar-refractivity contribution is 5.92. The summed E-state index contributed by atoms with van der Waals surface area (Å²) < 4.78 is 0. The first-order valence-corrected chi connectivity index (χ1v) is 11.4. The van der Waals surface area contributed by atoms with Crippen LogP contribution >= 0.6 is 0 Å². The fourth-order valence-corrected chi connectivity index (χ4v) is 4.84. The Morgan fingerprint density at radius 2 is 1.74 bits per heavy atom. The molecule has 1 aromatic carbocycles. The van der Waals surface area contributed by atoms with E-state index >= 15 is 0 Å². The van der Waals surface area contributed by atoms with E-state index in [1.165, 1.54) is 0 Å². The van der Waals surface area contributed by atoms with E-state index in [0.717, 1.165) is 49.8 Å². The van der Waals surface area contributed by atoms with Crippen LogP contribution in [0.1, 0.15) is 56.9 Å². The molecule has 1 aliphatic carbocycles. The number of aliphatic hydroxyl groups excluding tert-OH is 1. The third-order valence-corrected chi connectivity index (χ3v) is 6.75. The van der Waals surface area contributed by atoms with Crippen molar-refractivity contribution >= 4 is 23.5 Å². The van der Waals surface area contributed by atoms with Crippen molar-refractivity contribution in [1.29, 1.82) is 0 Å². The number of piperidine rings is 1. The number of anilines is 1. The van der Waals surface area contributed by atoms with Crippen LogP contribution in [0.25, 0.3) is 0 Å². The van der Waals surface area contributed by atoms with E-state index in [1.807, 2.05) is 34.1 Å². The lowest BCUT2D eigenvalue weighted by molar-refractivity contribution is -0.135. The molecule has 4 amide bonds. The molecule has 0 bridgehead atoms. The minimum absolute atomic E-state index is 0.00103. The maximum atomic E-state index is 12.6. The quantitative estimate of drug-likeness (QED) is 0.669. The Morgan fingerprint density at radius 1 is 1.03 bits per heavy atom. The molecule has 1 saturated carbocycles. The Bertz CT molecular complexity index is 814. The molecular weight excluding hydrogens is 396 g/mol. The fraction of sp³-hybridized carbons (Fsp3) is 0.609. The second-order valence-electron chi connectivity index (χ2n) is 8.90. The number of rotatable bonds is 5. The van der Waals surface area contributed by atoms with E-state index in [1.54, 1.807) is 0 Å². The molecule has 2 heterocycles. The van der Waals surface area contributed by atoms with Crippen LogP contribution in [0.15, 0.2) is 24.3 Å². The van der Waals surface area contributed by atoms with Gasteiger partial charge in [-0.2, -0.15) is 0 Å². The second-order valence-corrected chi connectivity index (χ2v) is 8.90. The Kier molecular flexibility index (Phi) is 6.75. The first-order valence-electron chi connectivity index (χ1n) is 11.4. The molecule has 8 heteroatoms. The van der Waals surface area contributed by atoms with E-state index < -0.39 is 0 Å². The molecule has 2 fully saturated rings. The number of hydrogen-bond donors (Lipinski definition) is 3. The van der Waals surface area contributed by atoms with Crippen LogP contribution in [0.3, 0.4) is 0 Å². The summed E-state index contributed by atoms with van der Waals surface area (Å²) in [6, 6.07) is 7.99. The van der Waals surface area contributed by atoms with Gasteiger partial charge in [-0.15, -0.1) is 0 Å². The Balaban J connectivity index is 1.19. The van der Waals surface area contributed by atoms with E-state index in [9.17, 15) is 19.5 Å². The number of urea groups is 1. The van der Waals surface area contributed by atoms with Crippen LogP contribution < -0.4 is 10.6 Å². The van der Waals surface area contributed by atoms with Gasteiger partial charge < -0.3 is 25.5 Å². The summed E-state index contributed by atoms with van der Waals surface area (Å²) in [6.07, 6.45) is 4.69. The number of nitrogens with zero attached hydrogens (tertiary/aromatic N) is 2. The molecular formula is C23H32N4O4. The molecule has 0 radical (unpaired) electrons. The van der Waals surface area contributed by atoms with Gasteiger partial charge in [-0.25, -0.2) is 4.79 Å². The highest BCUT2D eigenvalue weighted by atomic mass is 16.3. The largest absolute Gasteiger partial charge is 0.393 e. The molecule has 1 saturated heterocycles. The number of amides is 4. The number of fused-ring (bicyclic) bond motifs is 1. The van der Waals surface area contributed by atoms with Crippen molar-refractivity contribution in [2.24, 2.45) is 0 Å². The summed E-state index contributed by atoms with van der Waals surface area (Å²) in [5.74, 6) is -0.0885. The van der Waals surface area contributed by atoms with Crippen LogP contribution in [0.2, 0.25) is 0 Å². The summed E-state index contributed by atoms with van der Waals surface area (Å²) in [4.78, 5) is 40.9. The summed E-state index contributed by atoms with van der Waals surface area (Å²) >= 11 is 0.